The van der Waals surface area contributed by atoms with Crippen molar-refractivity contribution in [2.45, 2.75) is 46.6 Å². The lowest BCUT2D eigenvalue weighted by Crippen LogP contribution is -2.42. The third kappa shape index (κ3) is 1.94. The zero-order chi connectivity index (χ0) is 9.07. The Morgan fingerprint density at radius 3 is 1.55 bits per heavy atom. The van der Waals surface area contributed by atoms with Crippen LogP contribution in [0.3, 0.4) is 0 Å². The molecule has 0 spiro atoms. The molecule has 2 heteroatoms. The van der Waals surface area contributed by atoms with Crippen molar-refractivity contribution in [3.05, 3.63) is 0 Å². The summed E-state index contributed by atoms with van der Waals surface area (Å²) >= 11 is 0. The van der Waals surface area contributed by atoms with Crippen molar-refractivity contribution < 1.29 is 10.1 Å². The normalized spacial score (nSPS) is 13.1. The molecule has 0 bridgehead atoms. The predicted octanol–water partition coefficient (Wildman–Crippen LogP) is 2.94. The first kappa shape index (κ1) is 10.9. The maximum absolute atomic E-state index is 8.82. The van der Waals surface area contributed by atoms with Gasteiger partial charge >= 0.3 is 0 Å². The number of hydrogen-bond donors (Lipinski definition) is 1. The van der Waals surface area contributed by atoms with Gasteiger partial charge < -0.3 is 0 Å². The van der Waals surface area contributed by atoms with Crippen LogP contribution >= 0.6 is 0 Å². The lowest BCUT2D eigenvalue weighted by atomic mass is 9.78. The Bertz CT molecular complexity index is 94.1. The van der Waals surface area contributed by atoms with E-state index in [0.717, 1.165) is 6.42 Å². The highest BCUT2D eigenvalue weighted by atomic mass is 17.1. The minimum atomic E-state index is -0.361. The van der Waals surface area contributed by atoms with E-state index in [1.807, 2.05) is 6.92 Å². The molecule has 11 heavy (non-hydrogen) atoms. The average molecular weight is 160 g/mol. The van der Waals surface area contributed by atoms with Crippen LogP contribution in [0, 0.1) is 11.8 Å². The van der Waals surface area contributed by atoms with E-state index in [0.29, 0.717) is 11.8 Å². The smallest absolute Gasteiger partial charge is 0.108 e. The third-order valence-electron chi connectivity index (χ3n) is 2.68. The first-order valence-electron chi connectivity index (χ1n) is 4.33. The molecule has 0 rings (SSSR count). The van der Waals surface area contributed by atoms with E-state index in [9.17, 15) is 0 Å². The van der Waals surface area contributed by atoms with E-state index in [1.54, 1.807) is 0 Å². The van der Waals surface area contributed by atoms with Crippen molar-refractivity contribution in [3.63, 3.8) is 0 Å². The summed E-state index contributed by atoms with van der Waals surface area (Å²) in [6.45, 7) is 10.3. The van der Waals surface area contributed by atoms with Crippen molar-refractivity contribution in [1.29, 1.82) is 0 Å². The monoisotopic (exact) mass is 160 g/mol. The van der Waals surface area contributed by atoms with E-state index < -0.39 is 0 Å². The molecular formula is C9H20O2. The topological polar surface area (TPSA) is 29.5 Å². The summed E-state index contributed by atoms with van der Waals surface area (Å²) in [6, 6.07) is 0. The van der Waals surface area contributed by atoms with Crippen molar-refractivity contribution in [3.8, 4) is 0 Å². The molecule has 1 N–H and O–H groups in total. The van der Waals surface area contributed by atoms with Crippen LogP contribution in [0.1, 0.15) is 41.0 Å². The van der Waals surface area contributed by atoms with Crippen LogP contribution in [-0.2, 0) is 4.89 Å². The van der Waals surface area contributed by atoms with E-state index in [1.165, 1.54) is 0 Å². The Kier molecular flexibility index (Phi) is 4.04. The van der Waals surface area contributed by atoms with Crippen LogP contribution < -0.4 is 0 Å². The number of hydrogen-bond acceptors (Lipinski definition) is 2. The molecule has 0 aromatic rings. The molecule has 0 aromatic carbocycles. The van der Waals surface area contributed by atoms with Crippen molar-refractivity contribution in [1.82, 2.24) is 0 Å². The summed E-state index contributed by atoms with van der Waals surface area (Å²) in [6.07, 6.45) is 0.846. The van der Waals surface area contributed by atoms with Gasteiger partial charge in [-0.25, -0.2) is 4.89 Å². The minimum absolute atomic E-state index is 0.345. The van der Waals surface area contributed by atoms with Gasteiger partial charge in [-0.1, -0.05) is 34.6 Å². The molecule has 0 atom stereocenters. The Morgan fingerprint density at radius 1 is 1.18 bits per heavy atom. The van der Waals surface area contributed by atoms with Gasteiger partial charge in [0.15, 0.2) is 0 Å². The summed E-state index contributed by atoms with van der Waals surface area (Å²) in [4.78, 5) is 4.61. The molecule has 0 saturated heterocycles. The van der Waals surface area contributed by atoms with Gasteiger partial charge in [0.2, 0.25) is 0 Å². The second kappa shape index (κ2) is 4.07. The largest absolute Gasteiger partial charge is 0.251 e. The lowest BCUT2D eigenvalue weighted by molar-refractivity contribution is -0.348. The maximum atomic E-state index is 8.82. The molecule has 0 radical (unpaired) electrons. The Hall–Kier alpha value is -0.0800. The van der Waals surface area contributed by atoms with Gasteiger partial charge in [-0.15, -0.1) is 0 Å². The maximum Gasteiger partial charge on any atom is 0.108 e. The summed E-state index contributed by atoms with van der Waals surface area (Å²) in [7, 11) is 0. The second-order valence-electron chi connectivity index (χ2n) is 3.71. The van der Waals surface area contributed by atoms with Crippen LogP contribution in [-0.4, -0.2) is 10.9 Å². The first-order chi connectivity index (χ1) is 5.01. The van der Waals surface area contributed by atoms with Crippen LogP contribution in [0.2, 0.25) is 0 Å². The fraction of sp³-hybridized carbons (Fsp3) is 1.00. The zero-order valence-corrected chi connectivity index (χ0v) is 8.22. The Balaban J connectivity index is 4.46. The van der Waals surface area contributed by atoms with Crippen LogP contribution in [0.15, 0.2) is 0 Å². The Labute approximate surface area is 69.5 Å². The Morgan fingerprint density at radius 2 is 1.55 bits per heavy atom. The van der Waals surface area contributed by atoms with Gasteiger partial charge in [-0.05, 0) is 18.3 Å². The highest BCUT2D eigenvalue weighted by Gasteiger charge is 2.36. The molecule has 0 fully saturated rings. The molecule has 2 nitrogen and oxygen atoms in total. The molecule has 0 aliphatic rings. The average Bonchev–Trinajstić information content (AvgIpc) is 1.90. The van der Waals surface area contributed by atoms with E-state index in [-0.39, 0.29) is 5.60 Å². The van der Waals surface area contributed by atoms with Crippen LogP contribution in [0.5, 0.6) is 0 Å². The molecule has 0 aliphatic heterocycles. The standard InChI is InChI=1S/C9H20O2/c1-6-9(11-10,7(2)3)8(4)5/h7-8,10H,6H2,1-5H3. The fourth-order valence-electron chi connectivity index (χ4n) is 1.76. The highest BCUT2D eigenvalue weighted by Crippen LogP contribution is 2.32. The van der Waals surface area contributed by atoms with E-state index in [4.69, 9.17) is 5.26 Å². The molecule has 0 amide bonds. The summed E-state index contributed by atoms with van der Waals surface area (Å²) in [5.74, 6) is 0.690. The van der Waals surface area contributed by atoms with E-state index in [2.05, 4.69) is 32.6 Å². The van der Waals surface area contributed by atoms with Crippen molar-refractivity contribution in [2.75, 3.05) is 0 Å². The SMILES string of the molecule is CCC(OO)(C(C)C)C(C)C. The highest BCUT2D eigenvalue weighted by molar-refractivity contribution is 4.84. The predicted molar refractivity (Wildman–Crippen MR) is 46.4 cm³/mol. The second-order valence-corrected chi connectivity index (χ2v) is 3.71. The van der Waals surface area contributed by atoms with Crippen molar-refractivity contribution in [2.24, 2.45) is 11.8 Å². The minimum Gasteiger partial charge on any atom is -0.251 e. The molecule has 0 heterocycles. The third-order valence-corrected chi connectivity index (χ3v) is 2.68. The molecule has 68 valence electrons. The number of rotatable bonds is 4. The summed E-state index contributed by atoms with van der Waals surface area (Å²) in [5.41, 5.74) is -0.361. The van der Waals surface area contributed by atoms with Crippen LogP contribution in [0.25, 0.3) is 0 Å². The molecular weight excluding hydrogens is 140 g/mol. The van der Waals surface area contributed by atoms with Gasteiger partial charge in [0.25, 0.3) is 0 Å². The molecule has 0 aromatic heterocycles. The molecule has 0 saturated carbocycles. The first-order valence-corrected chi connectivity index (χ1v) is 4.33. The van der Waals surface area contributed by atoms with Gasteiger partial charge in [0.1, 0.15) is 5.60 Å². The molecule has 0 aliphatic carbocycles. The lowest BCUT2D eigenvalue weighted by Gasteiger charge is -2.36. The van der Waals surface area contributed by atoms with Gasteiger partial charge in [0.05, 0.1) is 0 Å². The van der Waals surface area contributed by atoms with Gasteiger partial charge in [0, 0.05) is 0 Å². The summed E-state index contributed by atoms with van der Waals surface area (Å²) in [5, 5.41) is 8.82. The van der Waals surface area contributed by atoms with Crippen molar-refractivity contribution >= 4 is 0 Å². The van der Waals surface area contributed by atoms with Gasteiger partial charge in [-0.3, -0.25) is 5.26 Å². The van der Waals surface area contributed by atoms with Crippen LogP contribution in [0.4, 0.5) is 0 Å². The van der Waals surface area contributed by atoms with Gasteiger partial charge in [-0.2, -0.15) is 0 Å². The molecule has 0 unspecified atom stereocenters. The summed E-state index contributed by atoms with van der Waals surface area (Å²) < 4.78 is 0. The van der Waals surface area contributed by atoms with E-state index >= 15 is 0 Å². The zero-order valence-electron chi connectivity index (χ0n) is 8.22. The quantitative estimate of drug-likeness (QED) is 0.506. The fourth-order valence-corrected chi connectivity index (χ4v) is 1.76.